The molecule has 0 bridgehead atoms. The number of hydrogen-bond donors (Lipinski definition) is 0. The molecular formula is C20H27NO. The largest absolute Gasteiger partial charge is 0.377 e. The standard InChI is InChI=1S/C20H27NO/c1-16(2)14-21-13-12-20(3,4)18(15-21)19(22)11-10-17-8-6-5-7-9-17/h5-11,15-16H,12-14H2,1-4H3. The Balaban J connectivity index is 2.17. The van der Waals surface area contributed by atoms with E-state index in [1.54, 1.807) is 6.08 Å². The van der Waals surface area contributed by atoms with Crippen LogP contribution in [0.4, 0.5) is 0 Å². The molecule has 2 nitrogen and oxygen atoms in total. The molecule has 1 aromatic rings. The van der Waals surface area contributed by atoms with Crippen LogP contribution in [0.3, 0.4) is 0 Å². The summed E-state index contributed by atoms with van der Waals surface area (Å²) in [6.07, 6.45) is 6.72. The number of rotatable bonds is 5. The van der Waals surface area contributed by atoms with Crippen LogP contribution in [0, 0.1) is 11.3 Å². The van der Waals surface area contributed by atoms with E-state index in [2.05, 4.69) is 38.8 Å². The maximum atomic E-state index is 12.6. The van der Waals surface area contributed by atoms with Gasteiger partial charge >= 0.3 is 0 Å². The molecule has 0 spiro atoms. The summed E-state index contributed by atoms with van der Waals surface area (Å²) in [5, 5.41) is 0. The molecule has 22 heavy (non-hydrogen) atoms. The third-order valence-corrected chi connectivity index (χ3v) is 4.16. The number of benzene rings is 1. The summed E-state index contributed by atoms with van der Waals surface area (Å²) in [4.78, 5) is 14.9. The van der Waals surface area contributed by atoms with Crippen LogP contribution in [0.2, 0.25) is 0 Å². The third-order valence-electron chi connectivity index (χ3n) is 4.16. The molecule has 2 rings (SSSR count). The van der Waals surface area contributed by atoms with Crippen molar-refractivity contribution in [3.8, 4) is 0 Å². The van der Waals surface area contributed by atoms with Crippen LogP contribution in [0.25, 0.3) is 6.08 Å². The minimum atomic E-state index is -0.0500. The van der Waals surface area contributed by atoms with Gasteiger partial charge in [0.15, 0.2) is 5.78 Å². The van der Waals surface area contributed by atoms with Crippen LogP contribution in [0.15, 0.2) is 48.2 Å². The fourth-order valence-corrected chi connectivity index (χ4v) is 2.82. The molecule has 0 radical (unpaired) electrons. The summed E-state index contributed by atoms with van der Waals surface area (Å²) >= 11 is 0. The van der Waals surface area contributed by atoms with E-state index in [1.807, 2.05) is 36.4 Å². The zero-order valence-electron chi connectivity index (χ0n) is 14.2. The van der Waals surface area contributed by atoms with Crippen molar-refractivity contribution in [2.45, 2.75) is 34.1 Å². The first-order valence-corrected chi connectivity index (χ1v) is 8.12. The predicted octanol–water partition coefficient (Wildman–Crippen LogP) is 4.54. The molecule has 1 aromatic carbocycles. The van der Waals surface area contributed by atoms with E-state index >= 15 is 0 Å². The molecule has 0 saturated heterocycles. The maximum absolute atomic E-state index is 12.6. The molecule has 0 aliphatic carbocycles. The molecule has 1 aliphatic heterocycles. The first kappa shape index (κ1) is 16.5. The van der Waals surface area contributed by atoms with Crippen LogP contribution < -0.4 is 0 Å². The van der Waals surface area contributed by atoms with Crippen LogP contribution in [0.1, 0.15) is 39.7 Å². The summed E-state index contributed by atoms with van der Waals surface area (Å²) < 4.78 is 0. The van der Waals surface area contributed by atoms with E-state index < -0.39 is 0 Å². The Labute approximate surface area is 134 Å². The van der Waals surface area contributed by atoms with Gasteiger partial charge in [0.05, 0.1) is 0 Å². The zero-order chi connectivity index (χ0) is 16.2. The molecule has 0 atom stereocenters. The number of hydrogen-bond acceptors (Lipinski definition) is 2. The van der Waals surface area contributed by atoms with Gasteiger partial charge in [0.1, 0.15) is 0 Å². The summed E-state index contributed by atoms with van der Waals surface area (Å²) in [6, 6.07) is 9.97. The van der Waals surface area contributed by atoms with Gasteiger partial charge in [0, 0.05) is 24.9 Å². The highest BCUT2D eigenvalue weighted by Crippen LogP contribution is 2.35. The van der Waals surface area contributed by atoms with Crippen molar-refractivity contribution in [3.63, 3.8) is 0 Å². The smallest absolute Gasteiger partial charge is 0.183 e. The Hall–Kier alpha value is -1.83. The lowest BCUT2D eigenvalue weighted by atomic mass is 9.77. The van der Waals surface area contributed by atoms with Gasteiger partial charge in [-0.25, -0.2) is 0 Å². The lowest BCUT2D eigenvalue weighted by Crippen LogP contribution is -2.36. The summed E-state index contributed by atoms with van der Waals surface area (Å²) in [7, 11) is 0. The number of nitrogens with zero attached hydrogens (tertiary/aromatic N) is 1. The van der Waals surface area contributed by atoms with E-state index in [0.717, 1.165) is 30.6 Å². The average molecular weight is 297 g/mol. The lowest BCUT2D eigenvalue weighted by molar-refractivity contribution is -0.112. The molecule has 1 heterocycles. The zero-order valence-corrected chi connectivity index (χ0v) is 14.2. The fraction of sp³-hybridized carbons (Fsp3) is 0.450. The van der Waals surface area contributed by atoms with Crippen molar-refractivity contribution in [2.24, 2.45) is 11.3 Å². The van der Waals surface area contributed by atoms with Crippen molar-refractivity contribution < 1.29 is 4.79 Å². The van der Waals surface area contributed by atoms with Gasteiger partial charge in [-0.1, -0.05) is 64.1 Å². The highest BCUT2D eigenvalue weighted by Gasteiger charge is 2.31. The monoisotopic (exact) mass is 297 g/mol. The Morgan fingerprint density at radius 2 is 1.95 bits per heavy atom. The molecular weight excluding hydrogens is 270 g/mol. The summed E-state index contributed by atoms with van der Waals surface area (Å²) in [5.41, 5.74) is 1.93. The Kier molecular flexibility index (Phi) is 5.23. The van der Waals surface area contributed by atoms with Crippen molar-refractivity contribution in [1.29, 1.82) is 0 Å². The Morgan fingerprint density at radius 1 is 1.27 bits per heavy atom. The Morgan fingerprint density at radius 3 is 2.59 bits per heavy atom. The maximum Gasteiger partial charge on any atom is 0.183 e. The normalized spacial score (nSPS) is 17.9. The van der Waals surface area contributed by atoms with Crippen molar-refractivity contribution in [3.05, 3.63) is 53.7 Å². The molecule has 0 saturated carbocycles. The fourth-order valence-electron chi connectivity index (χ4n) is 2.82. The summed E-state index contributed by atoms with van der Waals surface area (Å²) in [5.74, 6) is 0.732. The van der Waals surface area contributed by atoms with Crippen molar-refractivity contribution in [1.82, 2.24) is 4.90 Å². The van der Waals surface area contributed by atoms with Gasteiger partial charge in [0.2, 0.25) is 0 Å². The quantitative estimate of drug-likeness (QED) is 0.744. The highest BCUT2D eigenvalue weighted by molar-refractivity contribution is 6.07. The van der Waals surface area contributed by atoms with Crippen LogP contribution >= 0.6 is 0 Å². The molecule has 1 aliphatic rings. The van der Waals surface area contributed by atoms with E-state index in [0.29, 0.717) is 5.92 Å². The van der Waals surface area contributed by atoms with Gasteiger partial charge in [0.25, 0.3) is 0 Å². The van der Waals surface area contributed by atoms with Gasteiger partial charge in [-0.05, 0) is 29.4 Å². The topological polar surface area (TPSA) is 20.3 Å². The van der Waals surface area contributed by atoms with E-state index in [-0.39, 0.29) is 11.2 Å². The molecule has 0 fully saturated rings. The molecule has 2 heteroatoms. The highest BCUT2D eigenvalue weighted by atomic mass is 16.1. The Bertz CT molecular complexity index is 567. The summed E-state index contributed by atoms with van der Waals surface area (Å²) in [6.45, 7) is 10.8. The third kappa shape index (κ3) is 4.33. The van der Waals surface area contributed by atoms with Gasteiger partial charge < -0.3 is 4.90 Å². The average Bonchev–Trinajstić information content (AvgIpc) is 2.47. The number of carbonyl (C=O) groups is 1. The molecule has 0 aromatic heterocycles. The lowest BCUT2D eigenvalue weighted by Gasteiger charge is -2.37. The minimum Gasteiger partial charge on any atom is -0.377 e. The second-order valence-electron chi connectivity index (χ2n) is 7.17. The second-order valence-corrected chi connectivity index (χ2v) is 7.17. The SMILES string of the molecule is CC(C)CN1C=C(C(=O)C=Cc2ccccc2)C(C)(C)CC1. The van der Waals surface area contributed by atoms with Crippen molar-refractivity contribution in [2.75, 3.05) is 13.1 Å². The molecule has 0 amide bonds. The van der Waals surface area contributed by atoms with Crippen LogP contribution in [-0.2, 0) is 4.79 Å². The van der Waals surface area contributed by atoms with E-state index in [1.165, 1.54) is 0 Å². The molecule has 118 valence electrons. The van der Waals surface area contributed by atoms with E-state index in [9.17, 15) is 4.79 Å². The van der Waals surface area contributed by atoms with Gasteiger partial charge in [-0.2, -0.15) is 0 Å². The minimum absolute atomic E-state index is 0.0500. The number of allylic oxidation sites excluding steroid dienone is 2. The van der Waals surface area contributed by atoms with Gasteiger partial charge in [-0.3, -0.25) is 4.79 Å². The van der Waals surface area contributed by atoms with Gasteiger partial charge in [-0.15, -0.1) is 0 Å². The first-order valence-electron chi connectivity index (χ1n) is 8.12. The van der Waals surface area contributed by atoms with Crippen LogP contribution in [0.5, 0.6) is 0 Å². The molecule has 0 N–H and O–H groups in total. The number of ketones is 1. The predicted molar refractivity (Wildman–Crippen MR) is 93.4 cm³/mol. The van der Waals surface area contributed by atoms with Crippen LogP contribution in [-0.4, -0.2) is 23.8 Å². The van der Waals surface area contributed by atoms with E-state index in [4.69, 9.17) is 0 Å². The first-order chi connectivity index (χ1) is 10.4. The number of carbonyl (C=O) groups excluding carboxylic acids is 1. The second kappa shape index (κ2) is 6.95. The molecule has 0 unspecified atom stereocenters. The van der Waals surface area contributed by atoms with Crippen molar-refractivity contribution >= 4 is 11.9 Å².